The first-order valence-electron chi connectivity index (χ1n) is 10.2. The molecule has 0 saturated heterocycles. The summed E-state index contributed by atoms with van der Waals surface area (Å²) in [6, 6.07) is 12.2. The Balaban J connectivity index is 1.48. The highest BCUT2D eigenvalue weighted by molar-refractivity contribution is 5.82. The summed E-state index contributed by atoms with van der Waals surface area (Å²) in [7, 11) is 0. The number of alkyl halides is 3. The van der Waals surface area contributed by atoms with Crippen LogP contribution in [0.1, 0.15) is 29.2 Å². The predicted molar refractivity (Wildman–Crippen MR) is 109 cm³/mol. The first kappa shape index (κ1) is 21.2. The van der Waals surface area contributed by atoms with E-state index in [0.29, 0.717) is 6.42 Å². The van der Waals surface area contributed by atoms with E-state index in [2.05, 4.69) is 10.2 Å². The zero-order chi connectivity index (χ0) is 22.2. The number of carbonyl (C=O) groups is 1. The monoisotopic (exact) mass is 433 g/mol. The fourth-order valence-corrected chi connectivity index (χ4v) is 4.11. The topological polar surface area (TPSA) is 35.6 Å². The van der Waals surface area contributed by atoms with Crippen LogP contribution in [-0.4, -0.2) is 41.1 Å². The summed E-state index contributed by atoms with van der Waals surface area (Å²) >= 11 is 0. The standard InChI is InChI=1S/C23H23F4N3O/c1-15-28-13-21(30(15)11-8-16-2-6-20(24)7-3-16)18-4-5-19-14-29(10-9-17(19)12-18)22(31)23(25,26)27/h2-7,12-13,15,28H,8-11,14H2,1H3. The smallest absolute Gasteiger partial charge is 0.370 e. The van der Waals surface area contributed by atoms with Crippen LogP contribution < -0.4 is 5.32 Å². The molecule has 0 fully saturated rings. The van der Waals surface area contributed by atoms with Gasteiger partial charge < -0.3 is 15.1 Å². The van der Waals surface area contributed by atoms with Crippen molar-refractivity contribution in [1.82, 2.24) is 15.1 Å². The van der Waals surface area contributed by atoms with Crippen LogP contribution in [0.15, 0.2) is 48.7 Å². The summed E-state index contributed by atoms with van der Waals surface area (Å²) in [5.74, 6) is -2.05. The average Bonchev–Trinajstić information content (AvgIpc) is 3.11. The molecular formula is C23H23F4N3O. The molecule has 1 amide bonds. The van der Waals surface area contributed by atoms with Crippen LogP contribution in [0.2, 0.25) is 0 Å². The third-order valence-electron chi connectivity index (χ3n) is 5.84. The molecule has 1 unspecified atom stereocenters. The molecule has 4 rings (SSSR count). The van der Waals surface area contributed by atoms with Crippen molar-refractivity contribution in [2.45, 2.75) is 38.7 Å². The average molecular weight is 433 g/mol. The molecule has 2 aromatic carbocycles. The van der Waals surface area contributed by atoms with E-state index < -0.39 is 12.1 Å². The third-order valence-corrected chi connectivity index (χ3v) is 5.84. The van der Waals surface area contributed by atoms with Gasteiger partial charge in [-0.05, 0) is 60.2 Å². The van der Waals surface area contributed by atoms with Gasteiger partial charge >= 0.3 is 12.1 Å². The number of amides is 1. The highest BCUT2D eigenvalue weighted by Crippen LogP contribution is 2.30. The van der Waals surface area contributed by atoms with Gasteiger partial charge in [0.1, 0.15) is 5.82 Å². The molecule has 0 aromatic heterocycles. The molecule has 31 heavy (non-hydrogen) atoms. The molecule has 0 spiro atoms. The lowest BCUT2D eigenvalue weighted by atomic mass is 9.96. The molecule has 2 aliphatic heterocycles. The van der Waals surface area contributed by atoms with Gasteiger partial charge in [0.25, 0.3) is 0 Å². The van der Waals surface area contributed by atoms with E-state index in [0.717, 1.165) is 45.8 Å². The third kappa shape index (κ3) is 4.52. The van der Waals surface area contributed by atoms with E-state index in [9.17, 15) is 22.4 Å². The lowest BCUT2D eigenvalue weighted by molar-refractivity contribution is -0.186. The number of nitrogens with one attached hydrogen (secondary N) is 1. The van der Waals surface area contributed by atoms with Gasteiger partial charge in [0.2, 0.25) is 0 Å². The number of halogens is 4. The lowest BCUT2D eigenvalue weighted by Crippen LogP contribution is -2.43. The second kappa shape index (κ2) is 8.24. The number of nitrogens with zero attached hydrogens (tertiary/aromatic N) is 2. The Labute approximate surface area is 178 Å². The zero-order valence-electron chi connectivity index (χ0n) is 17.0. The quantitative estimate of drug-likeness (QED) is 0.739. The molecule has 0 radical (unpaired) electrons. The predicted octanol–water partition coefficient (Wildman–Crippen LogP) is 4.07. The highest BCUT2D eigenvalue weighted by Gasteiger charge is 2.43. The van der Waals surface area contributed by atoms with Gasteiger partial charge in [-0.2, -0.15) is 13.2 Å². The number of carbonyl (C=O) groups excluding carboxylic acids is 1. The van der Waals surface area contributed by atoms with Crippen LogP contribution in [-0.2, 0) is 24.2 Å². The molecule has 0 saturated carbocycles. The molecule has 2 heterocycles. The van der Waals surface area contributed by atoms with Crippen molar-refractivity contribution in [3.8, 4) is 0 Å². The molecule has 2 aliphatic rings. The molecule has 2 aromatic rings. The largest absolute Gasteiger partial charge is 0.471 e. The van der Waals surface area contributed by atoms with E-state index in [-0.39, 0.29) is 25.1 Å². The number of benzene rings is 2. The highest BCUT2D eigenvalue weighted by atomic mass is 19.4. The molecule has 1 N–H and O–H groups in total. The molecule has 4 nitrogen and oxygen atoms in total. The van der Waals surface area contributed by atoms with Crippen LogP contribution >= 0.6 is 0 Å². The number of fused-ring (bicyclic) bond motifs is 1. The van der Waals surface area contributed by atoms with E-state index >= 15 is 0 Å². The van der Waals surface area contributed by atoms with Gasteiger partial charge in [-0.3, -0.25) is 4.79 Å². The molecule has 1 atom stereocenters. The van der Waals surface area contributed by atoms with Crippen LogP contribution in [0, 0.1) is 5.82 Å². The summed E-state index contributed by atoms with van der Waals surface area (Å²) < 4.78 is 51.4. The Bertz CT molecular complexity index is 1000. The van der Waals surface area contributed by atoms with E-state index in [1.165, 1.54) is 12.1 Å². The zero-order valence-corrected chi connectivity index (χ0v) is 17.0. The van der Waals surface area contributed by atoms with Crippen molar-refractivity contribution in [1.29, 1.82) is 0 Å². The van der Waals surface area contributed by atoms with Gasteiger partial charge in [0.15, 0.2) is 0 Å². The summed E-state index contributed by atoms with van der Waals surface area (Å²) in [5, 5.41) is 3.31. The van der Waals surface area contributed by atoms with E-state index in [1.54, 1.807) is 12.1 Å². The van der Waals surface area contributed by atoms with Crippen LogP contribution in [0.4, 0.5) is 17.6 Å². The maximum Gasteiger partial charge on any atom is 0.471 e. The van der Waals surface area contributed by atoms with Gasteiger partial charge in [-0.15, -0.1) is 0 Å². The molecule has 0 bridgehead atoms. The fraction of sp³-hybridized carbons (Fsp3) is 0.348. The first-order chi connectivity index (χ1) is 14.7. The van der Waals surface area contributed by atoms with Gasteiger partial charge in [-0.1, -0.05) is 24.3 Å². The number of hydrogen-bond acceptors (Lipinski definition) is 3. The fourth-order valence-electron chi connectivity index (χ4n) is 4.11. The van der Waals surface area contributed by atoms with E-state index in [1.807, 2.05) is 31.3 Å². The van der Waals surface area contributed by atoms with Crippen molar-refractivity contribution >= 4 is 11.6 Å². The Kier molecular flexibility index (Phi) is 5.64. The Hall–Kier alpha value is -3.03. The maximum atomic E-state index is 13.1. The normalized spacial score (nSPS) is 18.5. The van der Waals surface area contributed by atoms with Crippen molar-refractivity contribution in [3.63, 3.8) is 0 Å². The number of hydrogen-bond donors (Lipinski definition) is 1. The number of rotatable bonds is 4. The van der Waals surface area contributed by atoms with Crippen LogP contribution in [0.5, 0.6) is 0 Å². The minimum atomic E-state index is -4.85. The van der Waals surface area contributed by atoms with Crippen molar-refractivity contribution in [3.05, 3.63) is 76.7 Å². The maximum absolute atomic E-state index is 13.1. The Morgan fingerprint density at radius 2 is 1.87 bits per heavy atom. The van der Waals surface area contributed by atoms with Gasteiger partial charge in [-0.25, -0.2) is 4.39 Å². The summed E-state index contributed by atoms with van der Waals surface area (Å²) in [4.78, 5) is 14.6. The van der Waals surface area contributed by atoms with Crippen molar-refractivity contribution in [2.24, 2.45) is 0 Å². The first-order valence-corrected chi connectivity index (χ1v) is 10.2. The van der Waals surface area contributed by atoms with Crippen molar-refractivity contribution < 1.29 is 22.4 Å². The van der Waals surface area contributed by atoms with E-state index in [4.69, 9.17) is 0 Å². The molecule has 8 heteroatoms. The van der Waals surface area contributed by atoms with Crippen LogP contribution in [0.3, 0.4) is 0 Å². The molecule has 0 aliphatic carbocycles. The minimum Gasteiger partial charge on any atom is -0.370 e. The summed E-state index contributed by atoms with van der Waals surface area (Å²) in [6.45, 7) is 2.80. The second-order valence-electron chi connectivity index (χ2n) is 7.90. The Morgan fingerprint density at radius 1 is 1.13 bits per heavy atom. The van der Waals surface area contributed by atoms with Gasteiger partial charge in [0.05, 0.1) is 11.9 Å². The molecule has 164 valence electrons. The lowest BCUT2D eigenvalue weighted by Gasteiger charge is -2.31. The second-order valence-corrected chi connectivity index (χ2v) is 7.90. The SMILES string of the molecule is CC1NC=C(c2ccc3c(c2)CCN(C(=O)C(F)(F)F)C3)N1CCc1ccc(F)cc1. The Morgan fingerprint density at radius 3 is 2.58 bits per heavy atom. The van der Waals surface area contributed by atoms with Crippen LogP contribution in [0.25, 0.3) is 5.70 Å². The summed E-state index contributed by atoms with van der Waals surface area (Å²) in [5.41, 5.74) is 4.73. The molecular weight excluding hydrogens is 410 g/mol. The summed E-state index contributed by atoms with van der Waals surface area (Å²) in [6.07, 6.45) is -1.68. The minimum absolute atomic E-state index is 0.0318. The van der Waals surface area contributed by atoms with Gasteiger partial charge in [0, 0.05) is 25.8 Å². The van der Waals surface area contributed by atoms with Crippen molar-refractivity contribution in [2.75, 3.05) is 13.1 Å².